The Hall–Kier alpha value is -1.26. The highest BCUT2D eigenvalue weighted by Crippen LogP contribution is 1.99. The third-order valence-electron chi connectivity index (χ3n) is 2.01. The zero-order valence-electron chi connectivity index (χ0n) is 9.13. The first-order chi connectivity index (χ1) is 7.59. The lowest BCUT2D eigenvalue weighted by molar-refractivity contribution is -0.122. The monoisotopic (exact) mass is 242 g/mol. The van der Waals surface area contributed by atoms with Crippen LogP contribution < -0.4 is 10.6 Å². The molecule has 88 valence electrons. The van der Waals surface area contributed by atoms with E-state index in [-0.39, 0.29) is 11.9 Å². The smallest absolute Gasteiger partial charge is 0.237 e. The van der Waals surface area contributed by atoms with Gasteiger partial charge in [-0.3, -0.25) is 4.79 Å². The van der Waals surface area contributed by atoms with Crippen molar-refractivity contribution in [2.75, 3.05) is 6.54 Å². The highest BCUT2D eigenvalue weighted by molar-refractivity contribution is 6.29. The third-order valence-corrected chi connectivity index (χ3v) is 2.14. The van der Waals surface area contributed by atoms with Crippen LogP contribution in [0.2, 0.25) is 0 Å². The van der Waals surface area contributed by atoms with Gasteiger partial charge in [0.05, 0.1) is 18.8 Å². The number of hydrogen-bond acceptors (Lipinski definition) is 3. The van der Waals surface area contributed by atoms with Crippen LogP contribution in [0, 0.1) is 0 Å². The van der Waals surface area contributed by atoms with Gasteiger partial charge in [-0.15, -0.1) is 0 Å². The molecule has 2 N–H and O–H groups in total. The fourth-order valence-corrected chi connectivity index (χ4v) is 1.17. The zero-order valence-corrected chi connectivity index (χ0v) is 9.88. The first-order valence-corrected chi connectivity index (χ1v) is 5.34. The fourth-order valence-electron chi connectivity index (χ4n) is 1.10. The predicted octanol–water partition coefficient (Wildman–Crippen LogP) is 1.63. The Bertz CT molecular complexity index is 349. The van der Waals surface area contributed by atoms with Crippen molar-refractivity contribution in [1.29, 1.82) is 0 Å². The molecule has 0 aliphatic rings. The minimum absolute atomic E-state index is 0.102. The van der Waals surface area contributed by atoms with E-state index in [1.54, 1.807) is 25.3 Å². The van der Waals surface area contributed by atoms with Crippen LogP contribution >= 0.6 is 11.6 Å². The molecule has 16 heavy (non-hydrogen) atoms. The van der Waals surface area contributed by atoms with Crippen LogP contribution in [0.25, 0.3) is 0 Å². The number of furan rings is 1. The van der Waals surface area contributed by atoms with Crippen molar-refractivity contribution in [3.63, 3.8) is 0 Å². The van der Waals surface area contributed by atoms with Crippen molar-refractivity contribution >= 4 is 17.5 Å². The van der Waals surface area contributed by atoms with Gasteiger partial charge >= 0.3 is 0 Å². The van der Waals surface area contributed by atoms with Gasteiger partial charge in [-0.2, -0.15) is 0 Å². The number of rotatable bonds is 6. The van der Waals surface area contributed by atoms with Crippen molar-refractivity contribution in [1.82, 2.24) is 10.6 Å². The Kier molecular flexibility index (Phi) is 5.08. The molecule has 0 aliphatic heterocycles. The molecule has 0 radical (unpaired) electrons. The van der Waals surface area contributed by atoms with Crippen LogP contribution in [0.5, 0.6) is 0 Å². The predicted molar refractivity (Wildman–Crippen MR) is 63.0 cm³/mol. The topological polar surface area (TPSA) is 54.3 Å². The molecule has 5 heteroatoms. The Morgan fingerprint density at radius 2 is 2.44 bits per heavy atom. The largest absolute Gasteiger partial charge is 0.467 e. The van der Waals surface area contributed by atoms with Crippen molar-refractivity contribution in [3.05, 3.63) is 35.8 Å². The lowest BCUT2D eigenvalue weighted by Crippen LogP contribution is -2.42. The Balaban J connectivity index is 2.26. The van der Waals surface area contributed by atoms with Crippen molar-refractivity contribution in [2.45, 2.75) is 19.5 Å². The lowest BCUT2D eigenvalue weighted by atomic mass is 10.3. The molecule has 0 fully saturated rings. The average Bonchev–Trinajstić information content (AvgIpc) is 2.75. The number of amides is 1. The lowest BCUT2D eigenvalue weighted by Gasteiger charge is -2.12. The van der Waals surface area contributed by atoms with Crippen LogP contribution in [0.3, 0.4) is 0 Å². The van der Waals surface area contributed by atoms with Gasteiger partial charge in [0.15, 0.2) is 0 Å². The second-order valence-electron chi connectivity index (χ2n) is 3.42. The van der Waals surface area contributed by atoms with E-state index >= 15 is 0 Å². The van der Waals surface area contributed by atoms with Crippen molar-refractivity contribution < 1.29 is 9.21 Å². The van der Waals surface area contributed by atoms with Crippen LogP contribution in [0.4, 0.5) is 0 Å². The molecule has 1 aromatic rings. The van der Waals surface area contributed by atoms with E-state index in [4.69, 9.17) is 16.0 Å². The summed E-state index contributed by atoms with van der Waals surface area (Å²) in [5.74, 6) is 0.622. The maximum Gasteiger partial charge on any atom is 0.237 e. The molecule has 0 saturated heterocycles. The number of carbonyl (C=O) groups excluding carboxylic acids is 1. The minimum Gasteiger partial charge on any atom is -0.467 e. The fraction of sp³-hybridized carbons (Fsp3) is 0.364. The molecule has 0 aromatic carbocycles. The molecule has 1 heterocycles. The van der Waals surface area contributed by atoms with Gasteiger partial charge in [0.2, 0.25) is 5.91 Å². The average molecular weight is 243 g/mol. The van der Waals surface area contributed by atoms with Gasteiger partial charge in [0.1, 0.15) is 5.76 Å². The van der Waals surface area contributed by atoms with E-state index in [9.17, 15) is 4.79 Å². The van der Waals surface area contributed by atoms with Crippen LogP contribution in [0.1, 0.15) is 12.7 Å². The summed E-state index contributed by atoms with van der Waals surface area (Å²) in [7, 11) is 0. The van der Waals surface area contributed by atoms with Gasteiger partial charge in [-0.1, -0.05) is 18.2 Å². The molecule has 1 unspecified atom stereocenters. The van der Waals surface area contributed by atoms with Gasteiger partial charge < -0.3 is 15.1 Å². The summed E-state index contributed by atoms with van der Waals surface area (Å²) >= 11 is 5.58. The number of hydrogen-bond donors (Lipinski definition) is 2. The standard InChI is InChI=1S/C11H15ClN2O2/c1-8(12)6-13-9(2)11(15)14-7-10-4-3-5-16-10/h3-5,9,13H,1,6-7H2,2H3,(H,14,15). The van der Waals surface area contributed by atoms with Gasteiger partial charge in [0, 0.05) is 11.6 Å². The van der Waals surface area contributed by atoms with Crippen molar-refractivity contribution in [2.24, 2.45) is 0 Å². The third kappa shape index (κ3) is 4.51. The van der Waals surface area contributed by atoms with Gasteiger partial charge in [0.25, 0.3) is 0 Å². The van der Waals surface area contributed by atoms with Crippen LogP contribution in [0.15, 0.2) is 34.4 Å². The molecule has 1 aromatic heterocycles. The Morgan fingerprint density at radius 3 is 3.00 bits per heavy atom. The normalized spacial score (nSPS) is 12.1. The molecule has 0 spiro atoms. The quantitative estimate of drug-likeness (QED) is 0.797. The summed E-state index contributed by atoms with van der Waals surface area (Å²) in [6, 6.07) is 3.27. The minimum atomic E-state index is -0.314. The summed E-state index contributed by atoms with van der Waals surface area (Å²) < 4.78 is 5.09. The van der Waals surface area contributed by atoms with Crippen LogP contribution in [-0.2, 0) is 11.3 Å². The second kappa shape index (κ2) is 6.35. The zero-order chi connectivity index (χ0) is 12.0. The number of nitrogens with one attached hydrogen (secondary N) is 2. The highest BCUT2D eigenvalue weighted by Gasteiger charge is 2.11. The summed E-state index contributed by atoms with van der Waals surface area (Å²) in [4.78, 5) is 11.6. The Morgan fingerprint density at radius 1 is 1.69 bits per heavy atom. The molecular weight excluding hydrogens is 228 g/mol. The van der Waals surface area contributed by atoms with Crippen molar-refractivity contribution in [3.8, 4) is 0 Å². The molecule has 0 saturated carbocycles. The second-order valence-corrected chi connectivity index (χ2v) is 3.95. The number of halogens is 1. The van der Waals surface area contributed by atoms with E-state index < -0.39 is 0 Å². The number of carbonyl (C=O) groups is 1. The van der Waals surface area contributed by atoms with E-state index in [0.29, 0.717) is 18.1 Å². The summed E-state index contributed by atoms with van der Waals surface area (Å²) in [5.41, 5.74) is 0. The first kappa shape index (κ1) is 12.8. The summed E-state index contributed by atoms with van der Waals surface area (Å²) in [6.07, 6.45) is 1.57. The molecule has 1 amide bonds. The van der Waals surface area contributed by atoms with E-state index in [2.05, 4.69) is 17.2 Å². The molecule has 0 bridgehead atoms. The summed E-state index contributed by atoms with van der Waals surface area (Å²) in [5, 5.41) is 6.16. The molecule has 1 atom stereocenters. The van der Waals surface area contributed by atoms with E-state index in [1.807, 2.05) is 0 Å². The van der Waals surface area contributed by atoms with E-state index in [1.165, 1.54) is 0 Å². The maximum absolute atomic E-state index is 11.6. The SMILES string of the molecule is C=C(Cl)CNC(C)C(=O)NCc1ccco1. The molecule has 1 rings (SSSR count). The molecule has 4 nitrogen and oxygen atoms in total. The van der Waals surface area contributed by atoms with Gasteiger partial charge in [-0.05, 0) is 19.1 Å². The van der Waals surface area contributed by atoms with Crippen LogP contribution in [-0.4, -0.2) is 18.5 Å². The Labute approximate surface area is 99.7 Å². The van der Waals surface area contributed by atoms with Gasteiger partial charge in [-0.25, -0.2) is 0 Å². The molecule has 0 aliphatic carbocycles. The maximum atomic E-state index is 11.6. The first-order valence-electron chi connectivity index (χ1n) is 4.96. The molecular formula is C11H15ClN2O2. The van der Waals surface area contributed by atoms with E-state index in [0.717, 1.165) is 5.76 Å². The highest BCUT2D eigenvalue weighted by atomic mass is 35.5. The summed E-state index contributed by atoms with van der Waals surface area (Å²) in [6.45, 7) is 6.09.